The molecule has 0 aromatic heterocycles. The molecule has 0 unspecified atom stereocenters. The molecular formula is C15H13ClO4. The Bertz CT molecular complexity index is 576. The maximum atomic E-state index is 11.1. The van der Waals surface area contributed by atoms with Gasteiger partial charge in [0.1, 0.15) is 12.4 Å². The molecule has 2 rings (SSSR count). The standard InChI is InChI=1S/C15H11ClO3.H2O/c16-13-5-1-11(2-6-13)10-19-14-7-3-12(4-8-14)15(18)9-17;/h1-9H,10H2;1H2. The van der Waals surface area contributed by atoms with Gasteiger partial charge in [-0.3, -0.25) is 9.59 Å². The number of ether oxygens (including phenoxy) is 1. The molecule has 0 aliphatic carbocycles. The van der Waals surface area contributed by atoms with E-state index in [1.165, 1.54) is 0 Å². The van der Waals surface area contributed by atoms with Crippen molar-refractivity contribution in [1.29, 1.82) is 0 Å². The third-order valence-electron chi connectivity index (χ3n) is 2.56. The summed E-state index contributed by atoms with van der Waals surface area (Å²) in [5.74, 6) is 0.0988. The van der Waals surface area contributed by atoms with Crippen molar-refractivity contribution < 1.29 is 19.8 Å². The van der Waals surface area contributed by atoms with Gasteiger partial charge in [-0.25, -0.2) is 0 Å². The number of hydrogen-bond donors (Lipinski definition) is 0. The van der Waals surface area contributed by atoms with Crippen LogP contribution < -0.4 is 4.74 Å². The van der Waals surface area contributed by atoms with E-state index in [1.807, 2.05) is 12.1 Å². The second-order valence-corrected chi connectivity index (χ2v) is 4.36. The quantitative estimate of drug-likeness (QED) is 0.482. The third-order valence-corrected chi connectivity index (χ3v) is 2.82. The van der Waals surface area contributed by atoms with Crippen LogP contribution in [0.25, 0.3) is 0 Å². The minimum absolute atomic E-state index is 0. The number of hydrogen-bond acceptors (Lipinski definition) is 3. The lowest BCUT2D eigenvalue weighted by atomic mass is 10.1. The second kappa shape index (κ2) is 7.43. The average Bonchev–Trinajstić information content (AvgIpc) is 2.46. The Morgan fingerprint density at radius 1 is 1.05 bits per heavy atom. The first-order chi connectivity index (χ1) is 9.19. The van der Waals surface area contributed by atoms with Crippen LogP contribution in [0.4, 0.5) is 0 Å². The highest BCUT2D eigenvalue weighted by molar-refractivity contribution is 6.33. The Morgan fingerprint density at radius 3 is 2.20 bits per heavy atom. The summed E-state index contributed by atoms with van der Waals surface area (Å²) in [6.07, 6.45) is 0.295. The van der Waals surface area contributed by atoms with Gasteiger partial charge < -0.3 is 10.2 Å². The number of rotatable bonds is 5. The van der Waals surface area contributed by atoms with Gasteiger partial charge in [-0.1, -0.05) is 23.7 Å². The number of carbonyl (C=O) groups is 2. The van der Waals surface area contributed by atoms with Crippen LogP contribution in [0, 0.1) is 0 Å². The molecular weight excluding hydrogens is 280 g/mol. The van der Waals surface area contributed by atoms with Gasteiger partial charge in [0.05, 0.1) is 0 Å². The molecule has 0 heterocycles. The first kappa shape index (κ1) is 15.9. The Kier molecular flexibility index (Phi) is 5.90. The summed E-state index contributed by atoms with van der Waals surface area (Å²) in [5.41, 5.74) is 1.35. The van der Waals surface area contributed by atoms with Gasteiger partial charge in [0.2, 0.25) is 5.78 Å². The van der Waals surface area contributed by atoms with E-state index in [2.05, 4.69) is 0 Å². The molecule has 0 aliphatic heterocycles. The van der Waals surface area contributed by atoms with Gasteiger partial charge in [-0.2, -0.15) is 0 Å². The maximum Gasteiger partial charge on any atom is 0.225 e. The summed E-state index contributed by atoms with van der Waals surface area (Å²) < 4.78 is 5.56. The van der Waals surface area contributed by atoms with Crippen molar-refractivity contribution in [2.45, 2.75) is 6.61 Å². The minimum atomic E-state index is -0.538. The van der Waals surface area contributed by atoms with Crippen LogP contribution in [0.1, 0.15) is 15.9 Å². The normalized spacial score (nSPS) is 9.45. The molecule has 0 aliphatic rings. The van der Waals surface area contributed by atoms with Crippen molar-refractivity contribution in [2.75, 3.05) is 0 Å². The molecule has 20 heavy (non-hydrogen) atoms. The predicted octanol–water partition coefficient (Wildman–Crippen LogP) is 2.48. The van der Waals surface area contributed by atoms with Gasteiger partial charge in [0.15, 0.2) is 6.29 Å². The van der Waals surface area contributed by atoms with E-state index in [4.69, 9.17) is 16.3 Å². The lowest BCUT2D eigenvalue weighted by Gasteiger charge is -2.06. The van der Waals surface area contributed by atoms with E-state index in [-0.39, 0.29) is 5.48 Å². The summed E-state index contributed by atoms with van der Waals surface area (Å²) in [6, 6.07) is 13.8. The zero-order valence-corrected chi connectivity index (χ0v) is 11.3. The summed E-state index contributed by atoms with van der Waals surface area (Å²) in [7, 11) is 0. The molecule has 0 saturated carbocycles. The molecule has 5 heteroatoms. The Labute approximate surface area is 121 Å². The van der Waals surface area contributed by atoms with E-state index in [0.29, 0.717) is 29.2 Å². The highest BCUT2D eigenvalue weighted by Crippen LogP contribution is 2.15. The molecule has 0 amide bonds. The van der Waals surface area contributed by atoms with Crippen LogP contribution in [0.5, 0.6) is 5.75 Å². The summed E-state index contributed by atoms with van der Waals surface area (Å²) in [5, 5.41) is 0.681. The second-order valence-electron chi connectivity index (χ2n) is 3.92. The lowest BCUT2D eigenvalue weighted by Crippen LogP contribution is -2.00. The molecule has 4 nitrogen and oxygen atoms in total. The van der Waals surface area contributed by atoms with E-state index >= 15 is 0 Å². The van der Waals surface area contributed by atoms with Crippen LogP contribution >= 0.6 is 11.6 Å². The summed E-state index contributed by atoms with van der Waals surface area (Å²) in [6.45, 7) is 0.415. The van der Waals surface area contributed by atoms with E-state index in [1.54, 1.807) is 36.4 Å². The van der Waals surface area contributed by atoms with Crippen LogP contribution in [0.3, 0.4) is 0 Å². The van der Waals surface area contributed by atoms with Gasteiger partial charge in [-0.05, 0) is 42.0 Å². The third kappa shape index (κ3) is 4.19. The van der Waals surface area contributed by atoms with Gasteiger partial charge in [-0.15, -0.1) is 0 Å². The van der Waals surface area contributed by atoms with Crippen molar-refractivity contribution in [1.82, 2.24) is 0 Å². The van der Waals surface area contributed by atoms with Crippen molar-refractivity contribution in [3.63, 3.8) is 0 Å². The van der Waals surface area contributed by atoms with Crippen LogP contribution in [0.2, 0.25) is 5.02 Å². The number of Topliss-reactive ketones (excluding diaryl/α,β-unsaturated/α-hetero) is 1. The van der Waals surface area contributed by atoms with Crippen LogP contribution in [0.15, 0.2) is 48.5 Å². The zero-order chi connectivity index (χ0) is 13.7. The summed E-state index contributed by atoms with van der Waals surface area (Å²) in [4.78, 5) is 21.5. The highest BCUT2D eigenvalue weighted by atomic mass is 35.5. The van der Waals surface area contributed by atoms with Crippen molar-refractivity contribution in [3.05, 3.63) is 64.7 Å². The van der Waals surface area contributed by atoms with Crippen LogP contribution in [-0.4, -0.2) is 17.5 Å². The lowest BCUT2D eigenvalue weighted by molar-refractivity contribution is -0.104. The van der Waals surface area contributed by atoms with Crippen molar-refractivity contribution in [2.24, 2.45) is 0 Å². The molecule has 0 saturated heterocycles. The fourth-order valence-corrected chi connectivity index (χ4v) is 1.66. The maximum absolute atomic E-state index is 11.1. The first-order valence-corrected chi connectivity index (χ1v) is 6.03. The molecule has 2 aromatic carbocycles. The highest BCUT2D eigenvalue weighted by Gasteiger charge is 2.03. The van der Waals surface area contributed by atoms with E-state index in [0.717, 1.165) is 5.56 Å². The number of aldehydes is 1. The van der Waals surface area contributed by atoms with Gasteiger partial charge in [0, 0.05) is 10.6 Å². The Balaban J connectivity index is 0.00000200. The fraction of sp³-hybridized carbons (Fsp3) is 0.0667. The molecule has 0 fully saturated rings. The largest absolute Gasteiger partial charge is 0.489 e. The fourth-order valence-electron chi connectivity index (χ4n) is 1.53. The van der Waals surface area contributed by atoms with Crippen molar-refractivity contribution >= 4 is 23.7 Å². The molecule has 104 valence electrons. The van der Waals surface area contributed by atoms with E-state index in [9.17, 15) is 9.59 Å². The number of ketones is 1. The Morgan fingerprint density at radius 2 is 1.65 bits per heavy atom. The molecule has 2 N–H and O–H groups in total. The smallest absolute Gasteiger partial charge is 0.225 e. The van der Waals surface area contributed by atoms with Crippen LogP contribution in [-0.2, 0) is 11.4 Å². The number of halogens is 1. The average molecular weight is 293 g/mol. The number of carbonyl (C=O) groups excluding carboxylic acids is 2. The Hall–Kier alpha value is -2.17. The predicted molar refractivity (Wildman–Crippen MR) is 76.2 cm³/mol. The molecule has 0 bridgehead atoms. The molecule has 0 atom stereocenters. The van der Waals surface area contributed by atoms with Crippen molar-refractivity contribution in [3.8, 4) is 5.75 Å². The number of benzene rings is 2. The zero-order valence-electron chi connectivity index (χ0n) is 10.5. The van der Waals surface area contributed by atoms with E-state index < -0.39 is 5.78 Å². The first-order valence-electron chi connectivity index (χ1n) is 5.66. The minimum Gasteiger partial charge on any atom is -0.489 e. The molecule has 2 aromatic rings. The SMILES string of the molecule is O.O=CC(=O)c1ccc(OCc2ccc(Cl)cc2)cc1. The summed E-state index contributed by atoms with van der Waals surface area (Å²) >= 11 is 5.79. The monoisotopic (exact) mass is 292 g/mol. The molecule has 0 spiro atoms. The molecule has 0 radical (unpaired) electrons. The topological polar surface area (TPSA) is 74.9 Å². The van der Waals surface area contributed by atoms with Gasteiger partial charge in [0.25, 0.3) is 0 Å². The van der Waals surface area contributed by atoms with Gasteiger partial charge >= 0.3 is 0 Å².